The molecule has 0 saturated heterocycles. The molecule has 0 aliphatic heterocycles. The maximum atomic E-state index is 13.0. The number of hydrogen-bond acceptors (Lipinski definition) is 4. The first-order valence-electron chi connectivity index (χ1n) is 12.1. The van der Waals surface area contributed by atoms with Crippen LogP contribution < -0.4 is 0 Å². The van der Waals surface area contributed by atoms with E-state index in [4.69, 9.17) is 9.16 Å². The highest BCUT2D eigenvalue weighted by atomic mass is 28.4. The van der Waals surface area contributed by atoms with E-state index in [1.165, 1.54) is 0 Å². The number of allylic oxidation sites excluding steroid dienone is 1. The number of aryl methyl sites for hydroxylation is 2. The molecule has 0 heterocycles. The predicted molar refractivity (Wildman–Crippen MR) is 145 cm³/mol. The van der Waals surface area contributed by atoms with Crippen molar-refractivity contribution in [1.82, 2.24) is 0 Å². The number of carbonyl (C=O) groups excluding carboxylic acids is 2. The standard InChI is InChI=1S/C29H44O4Si/c1-12-15-22(5)32-28(31)27-21(4)18-20(3)23(6)26(27)19-24(30)16-14-17-25(13-2)33-34(10,11)29(7,8)9/h12-14,16,18,22,25H,1-2,15,17,19H2,3-11H3/b16-14+/t22-,25-/m1/s1. The molecule has 4 nitrogen and oxygen atoms in total. The number of esters is 1. The summed E-state index contributed by atoms with van der Waals surface area (Å²) in [7, 11) is -1.93. The smallest absolute Gasteiger partial charge is 0.338 e. The Kier molecular flexibility index (Phi) is 10.9. The summed E-state index contributed by atoms with van der Waals surface area (Å²) in [6, 6.07) is 1.97. The maximum Gasteiger partial charge on any atom is 0.338 e. The molecule has 0 saturated carbocycles. The van der Waals surface area contributed by atoms with Gasteiger partial charge >= 0.3 is 5.97 Å². The molecule has 0 fully saturated rings. The highest BCUT2D eigenvalue weighted by Crippen LogP contribution is 2.37. The van der Waals surface area contributed by atoms with Crippen molar-refractivity contribution in [3.63, 3.8) is 0 Å². The lowest BCUT2D eigenvalue weighted by Crippen LogP contribution is -2.43. The van der Waals surface area contributed by atoms with Gasteiger partial charge in [0.25, 0.3) is 0 Å². The van der Waals surface area contributed by atoms with Crippen LogP contribution in [0.5, 0.6) is 0 Å². The zero-order valence-electron chi connectivity index (χ0n) is 22.7. The third-order valence-corrected chi connectivity index (χ3v) is 11.2. The molecule has 5 heteroatoms. The summed E-state index contributed by atoms with van der Waals surface area (Å²) in [4.78, 5) is 25.9. The SMILES string of the molecule is C=CC[C@@H](C)OC(=O)c1c(C)cc(C)c(C)c1CC(=O)/C=C/C[C@@H](C=C)O[Si](C)(C)C(C)(C)C. The van der Waals surface area contributed by atoms with Crippen molar-refractivity contribution in [2.45, 2.75) is 98.1 Å². The minimum atomic E-state index is -1.93. The number of ether oxygens (including phenoxy) is 1. The van der Waals surface area contributed by atoms with E-state index in [1.54, 1.807) is 12.2 Å². The fraction of sp³-hybridized carbons (Fsp3) is 0.517. The summed E-state index contributed by atoms with van der Waals surface area (Å²) in [6.45, 7) is 26.3. The summed E-state index contributed by atoms with van der Waals surface area (Å²) < 4.78 is 12.0. The molecule has 1 aromatic rings. The van der Waals surface area contributed by atoms with Crippen LogP contribution in [0.15, 0.2) is 43.5 Å². The summed E-state index contributed by atoms with van der Waals surface area (Å²) in [5, 5.41) is 0.0997. The van der Waals surface area contributed by atoms with Crippen molar-refractivity contribution >= 4 is 20.1 Å². The van der Waals surface area contributed by atoms with Gasteiger partial charge in [-0.05, 0) is 80.6 Å². The summed E-state index contributed by atoms with van der Waals surface area (Å²) in [6.07, 6.45) is 7.88. The minimum Gasteiger partial charge on any atom is -0.459 e. The molecule has 2 atom stereocenters. The first-order chi connectivity index (χ1) is 15.6. The maximum absolute atomic E-state index is 13.0. The van der Waals surface area contributed by atoms with Crippen molar-refractivity contribution in [2.75, 3.05) is 0 Å². The van der Waals surface area contributed by atoms with Crippen LogP contribution >= 0.6 is 0 Å². The van der Waals surface area contributed by atoms with Gasteiger partial charge in [0.15, 0.2) is 14.1 Å². The van der Waals surface area contributed by atoms with Gasteiger partial charge in [0.1, 0.15) is 6.10 Å². The van der Waals surface area contributed by atoms with Crippen LogP contribution in [0.2, 0.25) is 18.1 Å². The Balaban J connectivity index is 3.05. The van der Waals surface area contributed by atoms with Crippen molar-refractivity contribution in [3.05, 3.63) is 71.3 Å². The second-order valence-electron chi connectivity index (χ2n) is 10.7. The van der Waals surface area contributed by atoms with Gasteiger partial charge in [-0.3, -0.25) is 4.79 Å². The molecule has 0 aliphatic carbocycles. The summed E-state index contributed by atoms with van der Waals surface area (Å²) in [5.41, 5.74) is 4.04. The fourth-order valence-electron chi connectivity index (χ4n) is 3.51. The Morgan fingerprint density at radius 2 is 1.71 bits per heavy atom. The minimum absolute atomic E-state index is 0.0589. The van der Waals surface area contributed by atoms with E-state index in [0.717, 1.165) is 22.3 Å². The van der Waals surface area contributed by atoms with Crippen LogP contribution in [0.1, 0.15) is 73.1 Å². The molecule has 0 amide bonds. The van der Waals surface area contributed by atoms with E-state index in [2.05, 4.69) is 47.0 Å². The molecule has 0 N–H and O–H groups in total. The van der Waals surface area contributed by atoms with E-state index in [0.29, 0.717) is 18.4 Å². The number of rotatable bonds is 12. The molecule has 1 rings (SSSR count). The third-order valence-electron chi connectivity index (χ3n) is 6.72. The Bertz CT molecular complexity index is 934. The zero-order chi connectivity index (χ0) is 26.3. The van der Waals surface area contributed by atoms with Crippen LogP contribution in [0.3, 0.4) is 0 Å². The molecule has 0 bridgehead atoms. The summed E-state index contributed by atoms with van der Waals surface area (Å²) >= 11 is 0. The molecule has 0 aromatic heterocycles. The monoisotopic (exact) mass is 484 g/mol. The van der Waals surface area contributed by atoms with Crippen molar-refractivity contribution in [1.29, 1.82) is 0 Å². The van der Waals surface area contributed by atoms with Crippen LogP contribution in [0.4, 0.5) is 0 Å². The molecule has 1 aromatic carbocycles. The predicted octanol–water partition coefficient (Wildman–Crippen LogP) is 7.37. The lowest BCUT2D eigenvalue weighted by atomic mass is 9.90. The van der Waals surface area contributed by atoms with Gasteiger partial charge in [-0.15, -0.1) is 13.2 Å². The third kappa shape index (κ3) is 8.21. The topological polar surface area (TPSA) is 52.6 Å². The molecule has 0 aliphatic rings. The molecule has 0 spiro atoms. The normalized spacial score (nSPS) is 14.0. The lowest BCUT2D eigenvalue weighted by Gasteiger charge is -2.38. The van der Waals surface area contributed by atoms with E-state index >= 15 is 0 Å². The first kappa shape index (κ1) is 29.8. The molecule has 0 radical (unpaired) electrons. The van der Waals surface area contributed by atoms with Crippen molar-refractivity contribution in [3.8, 4) is 0 Å². The zero-order valence-corrected chi connectivity index (χ0v) is 23.7. The molecule has 34 heavy (non-hydrogen) atoms. The second kappa shape index (κ2) is 12.5. The first-order valence-corrected chi connectivity index (χ1v) is 15.0. The van der Waals surface area contributed by atoms with Gasteiger partial charge in [0, 0.05) is 12.8 Å². The van der Waals surface area contributed by atoms with E-state index < -0.39 is 14.3 Å². The quantitative estimate of drug-likeness (QED) is 0.134. The number of ketones is 1. The van der Waals surface area contributed by atoms with Crippen LogP contribution in [-0.2, 0) is 20.4 Å². The highest BCUT2D eigenvalue weighted by Gasteiger charge is 2.38. The van der Waals surface area contributed by atoms with Gasteiger partial charge < -0.3 is 9.16 Å². The van der Waals surface area contributed by atoms with E-state index in [-0.39, 0.29) is 29.5 Å². The van der Waals surface area contributed by atoms with Gasteiger partial charge in [-0.2, -0.15) is 0 Å². The van der Waals surface area contributed by atoms with E-state index in [9.17, 15) is 9.59 Å². The lowest BCUT2D eigenvalue weighted by molar-refractivity contribution is -0.114. The largest absolute Gasteiger partial charge is 0.459 e. The van der Waals surface area contributed by atoms with Gasteiger partial charge in [-0.1, -0.05) is 45.1 Å². The van der Waals surface area contributed by atoms with E-state index in [1.807, 2.05) is 45.9 Å². The highest BCUT2D eigenvalue weighted by molar-refractivity contribution is 6.74. The van der Waals surface area contributed by atoms with Crippen LogP contribution in [-0.4, -0.2) is 32.3 Å². The molecule has 0 unspecified atom stereocenters. The molecular weight excluding hydrogens is 440 g/mol. The molecular formula is C29H44O4Si. The van der Waals surface area contributed by atoms with Crippen LogP contribution in [0, 0.1) is 20.8 Å². The fourth-order valence-corrected chi connectivity index (χ4v) is 4.82. The average molecular weight is 485 g/mol. The van der Waals surface area contributed by atoms with Gasteiger partial charge in [-0.25, -0.2) is 4.79 Å². The van der Waals surface area contributed by atoms with Crippen LogP contribution in [0.25, 0.3) is 0 Å². The second-order valence-corrected chi connectivity index (χ2v) is 15.4. The summed E-state index contributed by atoms with van der Waals surface area (Å²) in [5.74, 6) is -0.451. The number of hydrogen-bond donors (Lipinski definition) is 0. The van der Waals surface area contributed by atoms with Crippen molar-refractivity contribution in [2.24, 2.45) is 0 Å². The Hall–Kier alpha value is -2.24. The Morgan fingerprint density at radius 3 is 2.24 bits per heavy atom. The van der Waals surface area contributed by atoms with Gasteiger partial charge in [0.05, 0.1) is 11.7 Å². The number of carbonyl (C=O) groups is 2. The van der Waals surface area contributed by atoms with Crippen molar-refractivity contribution < 1.29 is 18.8 Å². The van der Waals surface area contributed by atoms with Gasteiger partial charge in [0.2, 0.25) is 0 Å². The average Bonchev–Trinajstić information content (AvgIpc) is 2.70. The number of benzene rings is 1. The molecule has 188 valence electrons. The Labute approximate surface area is 208 Å². The Morgan fingerprint density at radius 1 is 1.09 bits per heavy atom.